The summed E-state index contributed by atoms with van der Waals surface area (Å²) in [6.07, 6.45) is 20.2. The molecule has 0 aliphatic rings. The van der Waals surface area contributed by atoms with Crippen LogP contribution in [-0.2, 0) is 0 Å². The van der Waals surface area contributed by atoms with Crippen LogP contribution in [0.1, 0.15) is 72.1 Å². The number of hydrogen-bond donors (Lipinski definition) is 0. The topological polar surface area (TPSA) is 0 Å². The fraction of sp³-hybridized carbons (Fsp3) is 0.800. The van der Waals surface area contributed by atoms with Crippen molar-refractivity contribution in [3.05, 3.63) is 24.3 Å². The molecular weight excluding hydrogens is 394 g/mol. The van der Waals surface area contributed by atoms with E-state index in [0.29, 0.717) is 5.88 Å². The summed E-state index contributed by atoms with van der Waals surface area (Å²) >= 11 is 3.75. The molecule has 22 heavy (non-hydrogen) atoms. The molecule has 0 amide bonds. The molecule has 0 aliphatic heterocycles. The van der Waals surface area contributed by atoms with Crippen LogP contribution in [0.4, 0.5) is 0 Å². The van der Waals surface area contributed by atoms with Crippen molar-refractivity contribution >= 4 is 30.0 Å². The van der Waals surface area contributed by atoms with Crippen LogP contribution in [0.2, 0.25) is 17.7 Å². The molecule has 0 atom stereocenters. The van der Waals surface area contributed by atoms with E-state index in [1.807, 2.05) is 0 Å². The van der Waals surface area contributed by atoms with Gasteiger partial charge in [-0.25, -0.2) is 0 Å². The fourth-order valence-corrected chi connectivity index (χ4v) is 18.5. The van der Waals surface area contributed by atoms with Crippen molar-refractivity contribution in [1.29, 1.82) is 0 Å². The molecular formula is C20H39ClSn. The van der Waals surface area contributed by atoms with Gasteiger partial charge in [0.05, 0.1) is 0 Å². The van der Waals surface area contributed by atoms with Gasteiger partial charge in [-0.3, -0.25) is 0 Å². The van der Waals surface area contributed by atoms with Gasteiger partial charge in [-0.15, -0.1) is 0 Å². The van der Waals surface area contributed by atoms with Gasteiger partial charge in [0, 0.05) is 0 Å². The second-order valence-corrected chi connectivity index (χ2v) is 21.0. The summed E-state index contributed by atoms with van der Waals surface area (Å²) in [7, 11) is 0. The van der Waals surface area contributed by atoms with Crippen LogP contribution in [0.5, 0.6) is 0 Å². The second-order valence-electron chi connectivity index (χ2n) is 6.69. The molecule has 0 spiro atoms. The monoisotopic (exact) mass is 434 g/mol. The molecule has 0 aliphatic carbocycles. The summed E-state index contributed by atoms with van der Waals surface area (Å²) in [5.41, 5.74) is 0. The standard InChI is InChI=1S/C8H12Cl.3C4H9.Sn/c1-2-3-4-5-6-7-8-9;3*1-3-4-2;/h2-3,6-7H,1,4-5,8H2;3*1,3-4H2,2H3;. The summed E-state index contributed by atoms with van der Waals surface area (Å²) in [5.74, 6) is 0.647. The van der Waals surface area contributed by atoms with Crippen molar-refractivity contribution in [3.8, 4) is 0 Å². The molecule has 0 nitrogen and oxygen atoms in total. The maximum atomic E-state index is 5.65. The summed E-state index contributed by atoms with van der Waals surface area (Å²) in [4.78, 5) is 0. The van der Waals surface area contributed by atoms with E-state index in [4.69, 9.17) is 11.6 Å². The Bertz CT molecular complexity index is 262. The summed E-state index contributed by atoms with van der Waals surface area (Å²) < 4.78 is 6.37. The average molecular weight is 434 g/mol. The molecule has 0 fully saturated rings. The van der Waals surface area contributed by atoms with E-state index >= 15 is 0 Å². The van der Waals surface area contributed by atoms with Gasteiger partial charge in [-0.05, 0) is 0 Å². The molecule has 0 saturated carbocycles. The van der Waals surface area contributed by atoms with Gasteiger partial charge in [0.1, 0.15) is 0 Å². The maximum absolute atomic E-state index is 5.65. The summed E-state index contributed by atoms with van der Waals surface area (Å²) in [6.45, 7) is 7.07. The van der Waals surface area contributed by atoms with Crippen molar-refractivity contribution in [2.45, 2.75) is 89.9 Å². The minimum atomic E-state index is -1.90. The van der Waals surface area contributed by atoms with Gasteiger partial charge in [-0.2, -0.15) is 0 Å². The predicted molar refractivity (Wildman–Crippen MR) is 108 cm³/mol. The van der Waals surface area contributed by atoms with E-state index in [0.717, 1.165) is 6.42 Å². The Labute approximate surface area is 149 Å². The molecule has 0 radical (unpaired) electrons. The zero-order valence-corrected chi connectivity index (χ0v) is 19.0. The predicted octanol–water partition coefficient (Wildman–Crippen LogP) is 7.97. The molecule has 0 bridgehead atoms. The number of alkyl halides is 1. The molecule has 0 aromatic rings. The number of hydrogen-bond acceptors (Lipinski definition) is 0. The van der Waals surface area contributed by atoms with Crippen LogP contribution in [-0.4, -0.2) is 24.3 Å². The molecule has 0 saturated heterocycles. The van der Waals surface area contributed by atoms with Crippen molar-refractivity contribution in [2.24, 2.45) is 0 Å². The number of halogens is 1. The van der Waals surface area contributed by atoms with Crippen LogP contribution in [0.15, 0.2) is 24.3 Å². The summed E-state index contributed by atoms with van der Waals surface area (Å²) in [6, 6.07) is 0. The van der Waals surface area contributed by atoms with E-state index < -0.39 is 18.4 Å². The average Bonchev–Trinajstić information content (AvgIpc) is 2.55. The fourth-order valence-electron chi connectivity index (χ4n) is 3.16. The van der Waals surface area contributed by atoms with Gasteiger partial charge in [0.15, 0.2) is 0 Å². The molecule has 0 N–H and O–H groups in total. The first-order valence-electron chi connectivity index (χ1n) is 9.60. The van der Waals surface area contributed by atoms with Gasteiger partial charge in [-0.1, -0.05) is 0 Å². The SMILES string of the molecule is CCC[CH2][Sn]([CH2]C=CCCC=CCCl)([CH2]CCC)[CH2]CCC. The van der Waals surface area contributed by atoms with E-state index in [1.54, 1.807) is 13.3 Å². The van der Waals surface area contributed by atoms with E-state index in [1.165, 1.54) is 49.4 Å². The number of rotatable bonds is 15. The van der Waals surface area contributed by atoms with Gasteiger partial charge in [0.2, 0.25) is 0 Å². The molecule has 0 aromatic heterocycles. The second kappa shape index (κ2) is 16.4. The third-order valence-corrected chi connectivity index (χ3v) is 20.1. The quantitative estimate of drug-likeness (QED) is 0.106. The van der Waals surface area contributed by atoms with Crippen molar-refractivity contribution in [2.75, 3.05) is 5.88 Å². The van der Waals surface area contributed by atoms with E-state index in [2.05, 4.69) is 45.1 Å². The number of allylic oxidation sites excluding steroid dienone is 4. The Kier molecular flexibility index (Phi) is 16.9. The summed E-state index contributed by atoms with van der Waals surface area (Å²) in [5, 5.41) is 0. The molecule has 2 heteroatoms. The van der Waals surface area contributed by atoms with Crippen molar-refractivity contribution in [3.63, 3.8) is 0 Å². The Morgan fingerprint density at radius 2 is 1.14 bits per heavy atom. The Hall–Kier alpha value is 0.569. The van der Waals surface area contributed by atoms with E-state index in [9.17, 15) is 0 Å². The molecule has 0 rings (SSSR count). The Balaban J connectivity index is 4.49. The van der Waals surface area contributed by atoms with Crippen molar-refractivity contribution < 1.29 is 0 Å². The van der Waals surface area contributed by atoms with Crippen LogP contribution in [0, 0.1) is 0 Å². The Morgan fingerprint density at radius 3 is 1.55 bits per heavy atom. The van der Waals surface area contributed by atoms with Crippen LogP contribution in [0.25, 0.3) is 0 Å². The molecule has 0 aromatic carbocycles. The zero-order chi connectivity index (χ0) is 16.5. The van der Waals surface area contributed by atoms with Gasteiger partial charge in [0.25, 0.3) is 0 Å². The zero-order valence-electron chi connectivity index (χ0n) is 15.4. The van der Waals surface area contributed by atoms with Gasteiger partial charge >= 0.3 is 150 Å². The number of unbranched alkanes of at least 4 members (excludes halogenated alkanes) is 4. The third-order valence-electron chi connectivity index (χ3n) is 4.66. The molecule has 0 heterocycles. The molecule has 130 valence electrons. The van der Waals surface area contributed by atoms with Crippen LogP contribution >= 0.6 is 11.6 Å². The van der Waals surface area contributed by atoms with Crippen LogP contribution in [0.3, 0.4) is 0 Å². The van der Waals surface area contributed by atoms with Crippen molar-refractivity contribution in [1.82, 2.24) is 0 Å². The third kappa shape index (κ3) is 12.0. The van der Waals surface area contributed by atoms with Crippen LogP contribution < -0.4 is 0 Å². The Morgan fingerprint density at radius 1 is 0.682 bits per heavy atom. The van der Waals surface area contributed by atoms with Gasteiger partial charge < -0.3 is 0 Å². The normalized spacial score (nSPS) is 12.7. The first-order chi connectivity index (χ1) is 10.7. The minimum absolute atomic E-state index is 0.647. The first kappa shape index (κ1) is 22.6. The first-order valence-corrected chi connectivity index (χ1v) is 18.2. The van der Waals surface area contributed by atoms with E-state index in [-0.39, 0.29) is 0 Å². The molecule has 0 unspecified atom stereocenters.